The van der Waals surface area contributed by atoms with Gasteiger partial charge in [-0.1, -0.05) is 0 Å². The molecule has 0 saturated heterocycles. The highest BCUT2D eigenvalue weighted by Gasteiger charge is 2.31. The molecule has 1 fully saturated rings. The summed E-state index contributed by atoms with van der Waals surface area (Å²) in [6, 6.07) is 2.22. The molecule has 69 valence electrons. The number of hydrogen-bond acceptors (Lipinski definition) is 2. The molecule has 4 nitrogen and oxygen atoms in total. The summed E-state index contributed by atoms with van der Waals surface area (Å²) in [7, 11) is 0. The average Bonchev–Trinajstić information content (AvgIpc) is 2.46. The van der Waals surface area contributed by atoms with Crippen LogP contribution in [0.1, 0.15) is 31.4 Å². The molecule has 0 spiro atoms. The zero-order valence-corrected chi connectivity index (χ0v) is 7.50. The van der Waals surface area contributed by atoms with E-state index in [1.807, 2.05) is 6.07 Å². The highest BCUT2D eigenvalue weighted by molar-refractivity contribution is 5.73. The highest BCUT2D eigenvalue weighted by atomic mass is 16.1. The largest absolute Gasteiger partial charge is 0.354 e. The van der Waals surface area contributed by atoms with Gasteiger partial charge in [-0.05, 0) is 18.9 Å². The third-order valence-corrected chi connectivity index (χ3v) is 2.45. The molecule has 1 aromatic heterocycles. The van der Waals surface area contributed by atoms with Crippen molar-refractivity contribution in [3.63, 3.8) is 0 Å². The Labute approximate surface area is 76.7 Å². The first-order valence-corrected chi connectivity index (χ1v) is 4.44. The summed E-state index contributed by atoms with van der Waals surface area (Å²) in [5, 5.41) is 9.56. The normalized spacial score (nSPS) is 26.5. The first-order chi connectivity index (χ1) is 6.25. The standard InChI is InChI=1S/C9H12N3O/c1-6(13)11-8-4-7(5-8)9-2-3-10-12-9/h2,7-8H,4-5H2,1H3,(H,10,12)(H,11,13). The molecule has 1 aliphatic rings. The van der Waals surface area contributed by atoms with E-state index < -0.39 is 0 Å². The van der Waals surface area contributed by atoms with E-state index in [1.165, 1.54) is 0 Å². The first-order valence-electron chi connectivity index (χ1n) is 4.44. The second-order valence-electron chi connectivity index (χ2n) is 3.52. The number of carbonyl (C=O) groups excluding carboxylic acids is 1. The SMILES string of the molecule is CC(=O)NC1CC(c2c[c]n[nH]2)C1. The van der Waals surface area contributed by atoms with Crippen LogP contribution in [0.25, 0.3) is 0 Å². The van der Waals surface area contributed by atoms with Gasteiger partial charge in [0.25, 0.3) is 0 Å². The third-order valence-electron chi connectivity index (χ3n) is 2.45. The Morgan fingerprint density at radius 2 is 2.54 bits per heavy atom. The van der Waals surface area contributed by atoms with Crippen LogP contribution in [0.2, 0.25) is 0 Å². The van der Waals surface area contributed by atoms with Gasteiger partial charge in [0.1, 0.15) is 6.20 Å². The van der Waals surface area contributed by atoms with Crippen molar-refractivity contribution in [1.29, 1.82) is 0 Å². The number of amides is 1. The Hall–Kier alpha value is -1.32. The number of nitrogens with one attached hydrogen (secondary N) is 2. The molecule has 0 aliphatic heterocycles. The number of carbonyl (C=O) groups is 1. The summed E-state index contributed by atoms with van der Waals surface area (Å²) in [6.45, 7) is 1.55. The predicted molar refractivity (Wildman–Crippen MR) is 47.0 cm³/mol. The van der Waals surface area contributed by atoms with Crippen molar-refractivity contribution < 1.29 is 4.79 Å². The molecule has 1 amide bonds. The topological polar surface area (TPSA) is 57.8 Å². The zero-order valence-electron chi connectivity index (χ0n) is 7.50. The van der Waals surface area contributed by atoms with Crippen molar-refractivity contribution in [3.8, 4) is 0 Å². The Kier molecular flexibility index (Phi) is 2.04. The van der Waals surface area contributed by atoms with Crippen molar-refractivity contribution in [2.45, 2.75) is 31.7 Å². The van der Waals surface area contributed by atoms with Gasteiger partial charge in [-0.15, -0.1) is 0 Å². The Morgan fingerprint density at radius 1 is 1.77 bits per heavy atom. The number of H-pyrrole nitrogens is 1. The number of aromatic amines is 1. The van der Waals surface area contributed by atoms with E-state index in [1.54, 1.807) is 6.92 Å². The van der Waals surface area contributed by atoms with E-state index in [0.717, 1.165) is 18.5 Å². The maximum atomic E-state index is 10.7. The molecule has 1 heterocycles. The Balaban J connectivity index is 1.82. The molecule has 2 N–H and O–H groups in total. The molecule has 0 aromatic carbocycles. The fourth-order valence-corrected chi connectivity index (χ4v) is 1.72. The summed E-state index contributed by atoms with van der Waals surface area (Å²) in [4.78, 5) is 10.7. The van der Waals surface area contributed by atoms with E-state index in [0.29, 0.717) is 12.0 Å². The van der Waals surface area contributed by atoms with Crippen LogP contribution in [0.5, 0.6) is 0 Å². The van der Waals surface area contributed by atoms with Gasteiger partial charge in [-0.25, -0.2) is 0 Å². The average molecular weight is 178 g/mol. The van der Waals surface area contributed by atoms with Gasteiger partial charge >= 0.3 is 0 Å². The lowest BCUT2D eigenvalue weighted by atomic mass is 9.78. The van der Waals surface area contributed by atoms with Crippen LogP contribution in [-0.2, 0) is 4.79 Å². The predicted octanol–water partition coefficient (Wildman–Crippen LogP) is 0.592. The van der Waals surface area contributed by atoms with Crippen LogP contribution < -0.4 is 5.32 Å². The fourth-order valence-electron chi connectivity index (χ4n) is 1.72. The van der Waals surface area contributed by atoms with Crippen molar-refractivity contribution >= 4 is 5.91 Å². The lowest BCUT2D eigenvalue weighted by Crippen LogP contribution is -2.42. The Morgan fingerprint density at radius 3 is 3.08 bits per heavy atom. The fraction of sp³-hybridized carbons (Fsp3) is 0.556. The molecule has 1 saturated carbocycles. The monoisotopic (exact) mass is 178 g/mol. The van der Waals surface area contributed by atoms with E-state index in [4.69, 9.17) is 0 Å². The second kappa shape index (κ2) is 3.20. The van der Waals surface area contributed by atoms with Gasteiger partial charge in [0.2, 0.25) is 5.91 Å². The van der Waals surface area contributed by atoms with Crippen LogP contribution >= 0.6 is 0 Å². The lowest BCUT2D eigenvalue weighted by molar-refractivity contribution is -0.120. The van der Waals surface area contributed by atoms with Gasteiger partial charge in [0, 0.05) is 24.6 Å². The molecular weight excluding hydrogens is 166 g/mol. The third kappa shape index (κ3) is 1.71. The van der Waals surface area contributed by atoms with Crippen LogP contribution in [0, 0.1) is 6.20 Å². The maximum absolute atomic E-state index is 10.7. The van der Waals surface area contributed by atoms with Crippen molar-refractivity contribution in [3.05, 3.63) is 18.0 Å². The summed E-state index contributed by atoms with van der Waals surface area (Å²) in [5.41, 5.74) is 1.13. The molecule has 2 rings (SSSR count). The molecule has 0 bridgehead atoms. The van der Waals surface area contributed by atoms with Crippen LogP contribution in [0.15, 0.2) is 6.07 Å². The van der Waals surface area contributed by atoms with Gasteiger partial charge < -0.3 is 5.32 Å². The molecular formula is C9H12N3O. The number of hydrogen-bond donors (Lipinski definition) is 2. The summed E-state index contributed by atoms with van der Waals surface area (Å²) >= 11 is 0. The van der Waals surface area contributed by atoms with E-state index in [9.17, 15) is 4.79 Å². The number of rotatable bonds is 2. The van der Waals surface area contributed by atoms with Gasteiger partial charge in [-0.2, -0.15) is 5.10 Å². The van der Waals surface area contributed by atoms with Crippen molar-refractivity contribution in [1.82, 2.24) is 15.5 Å². The molecule has 4 heteroatoms. The zero-order chi connectivity index (χ0) is 9.26. The minimum absolute atomic E-state index is 0.0552. The molecule has 0 unspecified atom stereocenters. The van der Waals surface area contributed by atoms with Gasteiger partial charge in [-0.3, -0.25) is 9.89 Å². The minimum Gasteiger partial charge on any atom is -0.354 e. The van der Waals surface area contributed by atoms with Gasteiger partial charge in [0.15, 0.2) is 0 Å². The summed E-state index contributed by atoms with van der Waals surface area (Å²) in [6.07, 6.45) is 4.76. The molecule has 13 heavy (non-hydrogen) atoms. The lowest BCUT2D eigenvalue weighted by Gasteiger charge is -2.34. The van der Waals surface area contributed by atoms with Crippen molar-refractivity contribution in [2.24, 2.45) is 0 Å². The van der Waals surface area contributed by atoms with E-state index >= 15 is 0 Å². The summed E-state index contributed by atoms with van der Waals surface area (Å²) in [5.74, 6) is 0.579. The van der Waals surface area contributed by atoms with E-state index in [2.05, 4.69) is 21.7 Å². The minimum atomic E-state index is 0.0552. The maximum Gasteiger partial charge on any atom is 0.217 e. The molecule has 0 atom stereocenters. The smallest absolute Gasteiger partial charge is 0.217 e. The van der Waals surface area contributed by atoms with Gasteiger partial charge in [0.05, 0.1) is 0 Å². The van der Waals surface area contributed by atoms with Crippen LogP contribution in [-0.4, -0.2) is 22.1 Å². The van der Waals surface area contributed by atoms with Crippen LogP contribution in [0.4, 0.5) is 0 Å². The Bertz CT molecular complexity index is 288. The van der Waals surface area contributed by atoms with E-state index in [-0.39, 0.29) is 5.91 Å². The molecule has 1 aliphatic carbocycles. The molecule has 1 radical (unpaired) electrons. The summed E-state index contributed by atoms with van der Waals surface area (Å²) < 4.78 is 0. The second-order valence-corrected chi connectivity index (χ2v) is 3.52. The molecule has 1 aromatic rings. The number of aromatic nitrogens is 2. The van der Waals surface area contributed by atoms with Crippen molar-refractivity contribution in [2.75, 3.05) is 0 Å². The number of nitrogens with zero attached hydrogens (tertiary/aromatic N) is 1. The highest BCUT2D eigenvalue weighted by Crippen LogP contribution is 2.35. The first kappa shape index (κ1) is 8.29. The quantitative estimate of drug-likeness (QED) is 0.696. The van der Waals surface area contributed by atoms with Crippen LogP contribution in [0.3, 0.4) is 0 Å².